The van der Waals surface area contributed by atoms with Crippen LogP contribution < -0.4 is 5.32 Å². The van der Waals surface area contributed by atoms with Crippen molar-refractivity contribution in [1.29, 1.82) is 0 Å². The molecule has 0 bridgehead atoms. The van der Waals surface area contributed by atoms with Gasteiger partial charge >= 0.3 is 0 Å². The molecule has 0 spiro atoms. The quantitative estimate of drug-likeness (QED) is 0.697. The minimum atomic E-state index is -0.153. The normalized spacial score (nSPS) is 23.4. The third-order valence-corrected chi connectivity index (χ3v) is 5.74. The van der Waals surface area contributed by atoms with Gasteiger partial charge in [0, 0.05) is 6.04 Å². The maximum Gasteiger partial charge on any atom is 0.137 e. The Morgan fingerprint density at radius 3 is 2.81 bits per heavy atom. The van der Waals surface area contributed by atoms with Gasteiger partial charge in [-0.2, -0.15) is 0 Å². The number of halogens is 2. The van der Waals surface area contributed by atoms with E-state index in [1.54, 1.807) is 0 Å². The van der Waals surface area contributed by atoms with E-state index >= 15 is 0 Å². The van der Waals surface area contributed by atoms with E-state index < -0.39 is 0 Å². The minimum Gasteiger partial charge on any atom is -0.313 e. The second-order valence-electron chi connectivity index (χ2n) is 6.33. The number of hydrogen-bond acceptors (Lipinski definition) is 1. The molecule has 0 heterocycles. The van der Waals surface area contributed by atoms with Crippen LogP contribution in [0.2, 0.25) is 0 Å². The van der Waals surface area contributed by atoms with Gasteiger partial charge in [0.25, 0.3) is 0 Å². The van der Waals surface area contributed by atoms with Crippen molar-refractivity contribution >= 4 is 15.9 Å². The van der Waals surface area contributed by atoms with Gasteiger partial charge in [-0.15, -0.1) is 0 Å². The van der Waals surface area contributed by atoms with Crippen molar-refractivity contribution in [2.45, 2.75) is 58.4 Å². The van der Waals surface area contributed by atoms with Crippen LogP contribution in [-0.2, 0) is 6.42 Å². The molecule has 0 aliphatic heterocycles. The van der Waals surface area contributed by atoms with Crippen LogP contribution in [0.3, 0.4) is 0 Å². The van der Waals surface area contributed by atoms with Crippen LogP contribution in [0.25, 0.3) is 0 Å². The van der Waals surface area contributed by atoms with Gasteiger partial charge in [-0.3, -0.25) is 0 Å². The highest BCUT2D eigenvalue weighted by Crippen LogP contribution is 2.36. The van der Waals surface area contributed by atoms with E-state index in [1.165, 1.54) is 31.7 Å². The lowest BCUT2D eigenvalue weighted by molar-refractivity contribution is 0.343. The first-order valence-electron chi connectivity index (χ1n) is 8.31. The first-order chi connectivity index (χ1) is 10.2. The number of hydrogen-bond donors (Lipinski definition) is 1. The predicted molar refractivity (Wildman–Crippen MR) is 91.0 cm³/mol. The summed E-state index contributed by atoms with van der Waals surface area (Å²) in [5.74, 6) is 1.47. The van der Waals surface area contributed by atoms with Gasteiger partial charge in [0.2, 0.25) is 0 Å². The summed E-state index contributed by atoms with van der Waals surface area (Å²) in [6.07, 6.45) is 7.35. The van der Waals surface area contributed by atoms with E-state index in [-0.39, 0.29) is 5.82 Å². The Hall–Kier alpha value is -0.410. The highest BCUT2D eigenvalue weighted by Gasteiger charge is 2.30. The van der Waals surface area contributed by atoms with Gasteiger partial charge in [-0.25, -0.2) is 4.39 Å². The van der Waals surface area contributed by atoms with E-state index in [4.69, 9.17) is 0 Å². The molecular weight excluding hydrogens is 329 g/mol. The zero-order valence-corrected chi connectivity index (χ0v) is 14.8. The molecule has 1 aromatic rings. The molecular formula is C18H27BrFN. The van der Waals surface area contributed by atoms with Gasteiger partial charge < -0.3 is 5.32 Å². The molecule has 1 nitrogen and oxygen atoms in total. The number of nitrogens with one attached hydrogen (secondary N) is 1. The Morgan fingerprint density at radius 1 is 1.33 bits per heavy atom. The lowest BCUT2D eigenvalue weighted by Gasteiger charge is -2.26. The summed E-state index contributed by atoms with van der Waals surface area (Å²) in [4.78, 5) is 0. The molecule has 0 saturated heterocycles. The first kappa shape index (κ1) is 17.0. The molecule has 3 atom stereocenters. The van der Waals surface area contributed by atoms with Crippen LogP contribution >= 0.6 is 15.9 Å². The lowest BCUT2D eigenvalue weighted by Crippen LogP contribution is -2.37. The molecule has 1 aliphatic rings. The van der Waals surface area contributed by atoms with Crippen LogP contribution in [0.1, 0.15) is 51.5 Å². The van der Waals surface area contributed by atoms with Crippen molar-refractivity contribution in [3.05, 3.63) is 34.1 Å². The zero-order valence-electron chi connectivity index (χ0n) is 13.2. The molecule has 3 unspecified atom stereocenters. The van der Waals surface area contributed by atoms with Crippen LogP contribution in [0, 0.1) is 17.7 Å². The highest BCUT2D eigenvalue weighted by atomic mass is 79.9. The molecule has 1 fully saturated rings. The summed E-state index contributed by atoms with van der Waals surface area (Å²) >= 11 is 3.41. The summed E-state index contributed by atoms with van der Waals surface area (Å²) in [6.45, 7) is 5.54. The SMILES string of the molecule is CCCNC(Cc1cccc(F)c1Br)C1CCC(CC)C1. The minimum absolute atomic E-state index is 0.153. The topological polar surface area (TPSA) is 12.0 Å². The number of rotatable bonds is 7. The maximum absolute atomic E-state index is 13.7. The Labute approximate surface area is 136 Å². The third kappa shape index (κ3) is 4.53. The summed E-state index contributed by atoms with van der Waals surface area (Å²) in [5.41, 5.74) is 1.09. The standard InChI is InChI=1S/C18H27BrFN/c1-3-10-21-17(14-9-8-13(4-2)11-14)12-15-6-5-7-16(20)18(15)19/h5-7,13-14,17,21H,3-4,8-12H2,1-2H3. The molecule has 0 aromatic heterocycles. The molecule has 3 heteroatoms. The van der Waals surface area contributed by atoms with Gasteiger partial charge in [0.05, 0.1) is 4.47 Å². The predicted octanol–water partition coefficient (Wildman–Crippen LogP) is 5.33. The molecule has 1 saturated carbocycles. The summed E-state index contributed by atoms with van der Waals surface area (Å²) < 4.78 is 14.3. The van der Waals surface area contributed by atoms with Crippen molar-refractivity contribution < 1.29 is 4.39 Å². The smallest absolute Gasteiger partial charge is 0.137 e. The van der Waals surface area contributed by atoms with Gasteiger partial charge in [-0.1, -0.05) is 38.8 Å². The molecule has 1 N–H and O–H groups in total. The van der Waals surface area contributed by atoms with E-state index in [9.17, 15) is 4.39 Å². The van der Waals surface area contributed by atoms with E-state index in [2.05, 4.69) is 35.1 Å². The molecule has 1 aromatic carbocycles. The molecule has 1 aliphatic carbocycles. The Morgan fingerprint density at radius 2 is 2.14 bits per heavy atom. The molecule has 0 radical (unpaired) electrons. The first-order valence-corrected chi connectivity index (χ1v) is 9.11. The third-order valence-electron chi connectivity index (χ3n) is 4.86. The summed E-state index contributed by atoms with van der Waals surface area (Å²) in [6, 6.07) is 5.85. The van der Waals surface area contributed by atoms with Crippen LogP contribution in [0.5, 0.6) is 0 Å². The monoisotopic (exact) mass is 355 g/mol. The van der Waals surface area contributed by atoms with Crippen molar-refractivity contribution in [3.63, 3.8) is 0 Å². The van der Waals surface area contributed by atoms with Gasteiger partial charge in [0.15, 0.2) is 0 Å². The zero-order chi connectivity index (χ0) is 15.2. The Bertz CT molecular complexity index is 449. The number of benzene rings is 1. The molecule has 21 heavy (non-hydrogen) atoms. The Kier molecular flexibility index (Phi) is 6.69. The fourth-order valence-corrected chi connectivity index (χ4v) is 3.95. The van der Waals surface area contributed by atoms with Crippen molar-refractivity contribution in [2.24, 2.45) is 11.8 Å². The van der Waals surface area contributed by atoms with E-state index in [0.717, 1.165) is 36.8 Å². The average Bonchev–Trinajstić information content (AvgIpc) is 2.96. The molecule has 2 rings (SSSR count). The van der Waals surface area contributed by atoms with E-state index in [1.807, 2.05) is 12.1 Å². The van der Waals surface area contributed by atoms with Crippen LogP contribution in [-0.4, -0.2) is 12.6 Å². The Balaban J connectivity index is 2.07. The van der Waals surface area contributed by atoms with Crippen molar-refractivity contribution in [1.82, 2.24) is 5.32 Å². The fourth-order valence-electron chi connectivity index (χ4n) is 3.53. The summed E-state index contributed by atoms with van der Waals surface area (Å²) in [7, 11) is 0. The maximum atomic E-state index is 13.7. The highest BCUT2D eigenvalue weighted by molar-refractivity contribution is 9.10. The van der Waals surface area contributed by atoms with Crippen LogP contribution in [0.4, 0.5) is 4.39 Å². The molecule has 0 amide bonds. The van der Waals surface area contributed by atoms with Gasteiger partial charge in [-0.05, 0) is 71.6 Å². The molecule has 118 valence electrons. The fraction of sp³-hybridized carbons (Fsp3) is 0.667. The van der Waals surface area contributed by atoms with Crippen LogP contribution in [0.15, 0.2) is 22.7 Å². The largest absolute Gasteiger partial charge is 0.313 e. The second kappa shape index (κ2) is 8.28. The van der Waals surface area contributed by atoms with E-state index in [0.29, 0.717) is 10.5 Å². The van der Waals surface area contributed by atoms with Crippen molar-refractivity contribution in [3.8, 4) is 0 Å². The second-order valence-corrected chi connectivity index (χ2v) is 7.12. The average molecular weight is 356 g/mol. The van der Waals surface area contributed by atoms with Crippen molar-refractivity contribution in [2.75, 3.05) is 6.54 Å². The lowest BCUT2D eigenvalue weighted by atomic mass is 9.90. The van der Waals surface area contributed by atoms with Gasteiger partial charge in [0.1, 0.15) is 5.82 Å². The summed E-state index contributed by atoms with van der Waals surface area (Å²) in [5, 5.41) is 3.71.